The van der Waals surface area contributed by atoms with E-state index >= 15 is 0 Å². The lowest BCUT2D eigenvalue weighted by Gasteiger charge is -2.25. The molecule has 2 heterocycles. The van der Waals surface area contributed by atoms with Crippen LogP contribution in [0, 0.1) is 0 Å². The Morgan fingerprint density at radius 2 is 2.10 bits per heavy atom. The van der Waals surface area contributed by atoms with Crippen molar-refractivity contribution in [1.29, 1.82) is 0 Å². The molecule has 1 unspecified atom stereocenters. The van der Waals surface area contributed by atoms with Crippen LogP contribution in [0.5, 0.6) is 5.75 Å². The smallest absolute Gasteiger partial charge is 0.119 e. The molecule has 3 nitrogen and oxygen atoms in total. The van der Waals surface area contributed by atoms with E-state index in [1.165, 1.54) is 57.5 Å². The van der Waals surface area contributed by atoms with E-state index in [1.807, 2.05) is 6.07 Å². The number of benzene rings is 1. The highest BCUT2D eigenvalue weighted by atomic mass is 16.5. The summed E-state index contributed by atoms with van der Waals surface area (Å²) in [6, 6.07) is 9.31. The van der Waals surface area contributed by atoms with Crippen molar-refractivity contribution in [1.82, 2.24) is 9.80 Å². The molecule has 2 saturated heterocycles. The number of rotatable bonds is 4. The molecule has 0 bridgehead atoms. The molecule has 3 heteroatoms. The second-order valence-electron chi connectivity index (χ2n) is 6.09. The van der Waals surface area contributed by atoms with E-state index in [9.17, 15) is 0 Å². The van der Waals surface area contributed by atoms with Crippen molar-refractivity contribution in [3.63, 3.8) is 0 Å². The standard InChI is InChI=1S/C17H26N2O/c1-20-17-7-2-5-15(13-17)8-12-18-9-4-11-19-10-3-6-16(19)14-18/h2,5,7,13,16H,3-4,6,8-12,14H2,1H3. The molecule has 2 aliphatic heterocycles. The van der Waals surface area contributed by atoms with E-state index in [-0.39, 0.29) is 0 Å². The number of methoxy groups -OCH3 is 1. The lowest BCUT2D eigenvalue weighted by Crippen LogP contribution is -2.37. The van der Waals surface area contributed by atoms with Gasteiger partial charge in [0.2, 0.25) is 0 Å². The largest absolute Gasteiger partial charge is 0.497 e. The van der Waals surface area contributed by atoms with Crippen LogP contribution in [-0.4, -0.2) is 55.7 Å². The van der Waals surface area contributed by atoms with Crippen molar-refractivity contribution >= 4 is 0 Å². The molecule has 1 atom stereocenters. The van der Waals surface area contributed by atoms with Crippen LogP contribution in [0.4, 0.5) is 0 Å². The average Bonchev–Trinajstić information content (AvgIpc) is 2.83. The maximum Gasteiger partial charge on any atom is 0.119 e. The van der Waals surface area contributed by atoms with Gasteiger partial charge in [-0.1, -0.05) is 12.1 Å². The molecule has 0 aliphatic carbocycles. The van der Waals surface area contributed by atoms with Gasteiger partial charge in [-0.15, -0.1) is 0 Å². The lowest BCUT2D eigenvalue weighted by atomic mass is 10.1. The SMILES string of the molecule is COc1cccc(CCN2CCCN3CCCC3C2)c1. The summed E-state index contributed by atoms with van der Waals surface area (Å²) in [6.45, 7) is 6.34. The number of fused-ring (bicyclic) bond motifs is 1. The van der Waals surface area contributed by atoms with E-state index < -0.39 is 0 Å². The van der Waals surface area contributed by atoms with E-state index in [0.29, 0.717) is 0 Å². The molecule has 20 heavy (non-hydrogen) atoms. The number of nitrogens with zero attached hydrogens (tertiary/aromatic N) is 2. The number of hydrogen-bond donors (Lipinski definition) is 0. The van der Waals surface area contributed by atoms with Gasteiger partial charge in [0, 0.05) is 19.1 Å². The highest BCUT2D eigenvalue weighted by Crippen LogP contribution is 2.21. The Morgan fingerprint density at radius 3 is 3.00 bits per heavy atom. The normalized spacial score (nSPS) is 24.4. The van der Waals surface area contributed by atoms with Crippen molar-refractivity contribution in [2.24, 2.45) is 0 Å². The van der Waals surface area contributed by atoms with Gasteiger partial charge in [-0.05, 0) is 63.0 Å². The minimum Gasteiger partial charge on any atom is -0.497 e. The molecule has 2 aliphatic rings. The minimum absolute atomic E-state index is 0.822. The van der Waals surface area contributed by atoms with Crippen LogP contribution in [-0.2, 0) is 6.42 Å². The van der Waals surface area contributed by atoms with E-state index in [2.05, 4.69) is 28.0 Å². The van der Waals surface area contributed by atoms with Crippen LogP contribution in [0.15, 0.2) is 24.3 Å². The van der Waals surface area contributed by atoms with Crippen molar-refractivity contribution in [2.75, 3.05) is 39.8 Å². The molecule has 0 saturated carbocycles. The van der Waals surface area contributed by atoms with Gasteiger partial charge < -0.3 is 9.64 Å². The van der Waals surface area contributed by atoms with Crippen molar-refractivity contribution < 1.29 is 4.74 Å². The average molecular weight is 274 g/mol. The van der Waals surface area contributed by atoms with Crippen LogP contribution >= 0.6 is 0 Å². The van der Waals surface area contributed by atoms with Crippen LogP contribution in [0.1, 0.15) is 24.8 Å². The predicted molar refractivity (Wildman–Crippen MR) is 82.4 cm³/mol. The van der Waals surface area contributed by atoms with Gasteiger partial charge >= 0.3 is 0 Å². The summed E-state index contributed by atoms with van der Waals surface area (Å²) in [6.07, 6.45) is 5.25. The zero-order chi connectivity index (χ0) is 13.8. The fourth-order valence-corrected chi connectivity index (χ4v) is 3.60. The molecule has 0 radical (unpaired) electrons. The summed E-state index contributed by atoms with van der Waals surface area (Å²) in [4.78, 5) is 5.36. The highest BCUT2D eigenvalue weighted by molar-refractivity contribution is 5.28. The third-order valence-corrected chi connectivity index (χ3v) is 4.74. The topological polar surface area (TPSA) is 15.7 Å². The Kier molecular flexibility index (Phi) is 4.58. The maximum absolute atomic E-state index is 5.30. The van der Waals surface area contributed by atoms with E-state index in [0.717, 1.165) is 18.2 Å². The van der Waals surface area contributed by atoms with Crippen LogP contribution in [0.3, 0.4) is 0 Å². The summed E-state index contributed by atoms with van der Waals surface area (Å²) >= 11 is 0. The molecule has 2 fully saturated rings. The lowest BCUT2D eigenvalue weighted by molar-refractivity contribution is 0.221. The van der Waals surface area contributed by atoms with Crippen LogP contribution < -0.4 is 4.74 Å². The molecule has 3 rings (SSSR count). The predicted octanol–water partition coefficient (Wildman–Crippen LogP) is 2.41. The maximum atomic E-state index is 5.30. The summed E-state index contributed by atoms with van der Waals surface area (Å²) in [5.74, 6) is 0.973. The summed E-state index contributed by atoms with van der Waals surface area (Å²) in [7, 11) is 1.74. The first-order chi connectivity index (χ1) is 9.85. The number of ether oxygens (including phenoxy) is 1. The molecular weight excluding hydrogens is 248 g/mol. The fourth-order valence-electron chi connectivity index (χ4n) is 3.60. The second kappa shape index (κ2) is 6.59. The first-order valence-corrected chi connectivity index (χ1v) is 7.94. The fraction of sp³-hybridized carbons (Fsp3) is 0.647. The van der Waals surface area contributed by atoms with Crippen molar-refractivity contribution in [3.8, 4) is 5.75 Å². The molecule has 0 amide bonds. The van der Waals surface area contributed by atoms with Gasteiger partial charge in [-0.25, -0.2) is 0 Å². The third kappa shape index (κ3) is 3.33. The molecular formula is C17H26N2O. The molecule has 0 aromatic heterocycles. The van der Waals surface area contributed by atoms with E-state index in [4.69, 9.17) is 4.74 Å². The Morgan fingerprint density at radius 1 is 1.20 bits per heavy atom. The Hall–Kier alpha value is -1.06. The zero-order valence-corrected chi connectivity index (χ0v) is 12.6. The van der Waals surface area contributed by atoms with Crippen molar-refractivity contribution in [3.05, 3.63) is 29.8 Å². The highest BCUT2D eigenvalue weighted by Gasteiger charge is 2.28. The quantitative estimate of drug-likeness (QED) is 0.838. The summed E-state index contributed by atoms with van der Waals surface area (Å²) < 4.78 is 5.30. The molecule has 0 N–H and O–H groups in total. The van der Waals surface area contributed by atoms with Gasteiger partial charge in [-0.3, -0.25) is 4.90 Å². The second-order valence-corrected chi connectivity index (χ2v) is 6.09. The Bertz CT molecular complexity index is 435. The third-order valence-electron chi connectivity index (χ3n) is 4.74. The van der Waals surface area contributed by atoms with Gasteiger partial charge in [-0.2, -0.15) is 0 Å². The Labute approximate surface area is 122 Å². The van der Waals surface area contributed by atoms with Gasteiger partial charge in [0.05, 0.1) is 7.11 Å². The van der Waals surface area contributed by atoms with Gasteiger partial charge in [0.25, 0.3) is 0 Å². The first kappa shape index (κ1) is 13.9. The van der Waals surface area contributed by atoms with Crippen LogP contribution in [0.2, 0.25) is 0 Å². The molecule has 1 aromatic rings. The van der Waals surface area contributed by atoms with E-state index in [1.54, 1.807) is 7.11 Å². The van der Waals surface area contributed by atoms with Gasteiger partial charge in [0.15, 0.2) is 0 Å². The molecule has 1 aromatic carbocycles. The van der Waals surface area contributed by atoms with Crippen LogP contribution in [0.25, 0.3) is 0 Å². The van der Waals surface area contributed by atoms with Gasteiger partial charge in [0.1, 0.15) is 5.75 Å². The first-order valence-electron chi connectivity index (χ1n) is 7.94. The zero-order valence-electron chi connectivity index (χ0n) is 12.6. The summed E-state index contributed by atoms with van der Waals surface area (Å²) in [5.41, 5.74) is 1.39. The monoisotopic (exact) mass is 274 g/mol. The Balaban J connectivity index is 1.54. The number of hydrogen-bond acceptors (Lipinski definition) is 3. The summed E-state index contributed by atoms with van der Waals surface area (Å²) in [5, 5.41) is 0. The molecule has 0 spiro atoms. The molecule has 110 valence electrons. The van der Waals surface area contributed by atoms with Crippen molar-refractivity contribution in [2.45, 2.75) is 31.7 Å². The minimum atomic E-state index is 0.822.